The molecule has 2 aromatic rings. The van der Waals surface area contributed by atoms with Crippen molar-refractivity contribution < 1.29 is 38.1 Å². The molecule has 2 aromatic carbocycles. The van der Waals surface area contributed by atoms with E-state index in [4.69, 9.17) is 88.6 Å². The monoisotopic (exact) mass is 758 g/mol. The lowest BCUT2D eigenvalue weighted by Gasteiger charge is -2.20. The average molecular weight is 761 g/mol. The van der Waals surface area contributed by atoms with Gasteiger partial charge in [0.05, 0.1) is 43.3 Å². The van der Waals surface area contributed by atoms with E-state index in [9.17, 15) is 19.2 Å². The highest BCUT2D eigenvalue weighted by atomic mass is 35.5. The van der Waals surface area contributed by atoms with Crippen LogP contribution in [-0.4, -0.2) is 37.1 Å². The SMILES string of the molecule is CCCC(C)C(C)COC(=O)c1c(Cl)c(Cl)cc(Cl)c1OC(=O)C(=O)Oc1c(Cl)cc(Cl)c(Cl)c1C(=O)OCC(C)C(C)CCC. The van der Waals surface area contributed by atoms with E-state index in [-0.39, 0.29) is 67.0 Å². The van der Waals surface area contributed by atoms with Crippen molar-refractivity contribution in [1.29, 1.82) is 0 Å². The number of carbonyl (C=O) groups excluding carboxylic acids is 4. The van der Waals surface area contributed by atoms with Crippen molar-refractivity contribution >= 4 is 93.5 Å². The molecule has 14 heteroatoms. The maximum Gasteiger partial charge on any atom is 0.423 e. The van der Waals surface area contributed by atoms with Gasteiger partial charge in [0, 0.05) is 0 Å². The van der Waals surface area contributed by atoms with Gasteiger partial charge in [-0.2, -0.15) is 0 Å². The van der Waals surface area contributed by atoms with Crippen molar-refractivity contribution in [3.63, 3.8) is 0 Å². The minimum absolute atomic E-state index is 0.00176. The Bertz CT molecular complexity index is 1340. The molecule has 0 bridgehead atoms. The van der Waals surface area contributed by atoms with Gasteiger partial charge in [-0.1, -0.05) is 137 Å². The van der Waals surface area contributed by atoms with Crippen LogP contribution in [0.2, 0.25) is 30.1 Å². The van der Waals surface area contributed by atoms with Gasteiger partial charge in [-0.3, -0.25) is 0 Å². The summed E-state index contributed by atoms with van der Waals surface area (Å²) in [7, 11) is 0. The Labute approximate surface area is 299 Å². The molecule has 0 fully saturated rings. The Morgan fingerprint density at radius 2 is 0.891 bits per heavy atom. The second kappa shape index (κ2) is 18.6. The lowest BCUT2D eigenvalue weighted by Crippen LogP contribution is -2.28. The molecule has 0 saturated carbocycles. The molecule has 0 spiro atoms. The van der Waals surface area contributed by atoms with Crippen LogP contribution in [0.5, 0.6) is 11.5 Å². The van der Waals surface area contributed by atoms with Crippen LogP contribution >= 0.6 is 69.6 Å². The average Bonchev–Trinajstić information content (AvgIpc) is 2.99. The van der Waals surface area contributed by atoms with Crippen molar-refractivity contribution in [3.05, 3.63) is 53.4 Å². The largest absolute Gasteiger partial charge is 0.462 e. The van der Waals surface area contributed by atoms with Crippen LogP contribution in [0.15, 0.2) is 12.1 Å². The highest BCUT2D eigenvalue weighted by Crippen LogP contribution is 2.42. The zero-order valence-electron chi connectivity index (χ0n) is 26.2. The molecule has 0 aromatic heterocycles. The first kappa shape index (κ1) is 40.2. The van der Waals surface area contributed by atoms with Crippen LogP contribution in [0.1, 0.15) is 87.9 Å². The summed E-state index contributed by atoms with van der Waals surface area (Å²) in [5, 5.41) is -1.53. The maximum atomic E-state index is 13.1. The van der Waals surface area contributed by atoms with Crippen LogP contribution in [0.25, 0.3) is 0 Å². The zero-order valence-corrected chi connectivity index (χ0v) is 30.8. The van der Waals surface area contributed by atoms with Crippen LogP contribution in [-0.2, 0) is 19.1 Å². The summed E-state index contributed by atoms with van der Waals surface area (Å²) in [5.41, 5.74) is -0.946. The molecule has 0 aliphatic heterocycles. The molecule has 8 nitrogen and oxygen atoms in total. The normalized spacial score (nSPS) is 13.7. The Morgan fingerprint density at radius 1 is 0.565 bits per heavy atom. The van der Waals surface area contributed by atoms with Crippen LogP contribution in [0, 0.1) is 23.7 Å². The summed E-state index contributed by atoms with van der Waals surface area (Å²) in [5.74, 6) is -5.94. The van der Waals surface area contributed by atoms with Gasteiger partial charge in [0.1, 0.15) is 11.1 Å². The van der Waals surface area contributed by atoms with Gasteiger partial charge < -0.3 is 18.9 Å². The predicted molar refractivity (Wildman–Crippen MR) is 181 cm³/mol. The number of carbonyl (C=O) groups is 4. The molecule has 254 valence electrons. The molecule has 46 heavy (non-hydrogen) atoms. The first-order chi connectivity index (χ1) is 21.5. The van der Waals surface area contributed by atoms with Crippen LogP contribution in [0.3, 0.4) is 0 Å². The molecular formula is C32H36Cl6O8. The number of hydrogen-bond acceptors (Lipinski definition) is 8. The summed E-state index contributed by atoms with van der Waals surface area (Å²) in [6, 6.07) is 2.24. The van der Waals surface area contributed by atoms with E-state index in [1.165, 1.54) is 0 Å². The fourth-order valence-electron chi connectivity index (χ4n) is 4.36. The molecule has 0 heterocycles. The molecule has 0 radical (unpaired) electrons. The van der Waals surface area contributed by atoms with Crippen molar-refractivity contribution in [3.8, 4) is 11.5 Å². The fraction of sp³-hybridized carbons (Fsp3) is 0.500. The molecule has 4 atom stereocenters. The van der Waals surface area contributed by atoms with Gasteiger partial charge in [-0.25, -0.2) is 19.2 Å². The highest BCUT2D eigenvalue weighted by molar-refractivity contribution is 6.47. The minimum Gasteiger partial charge on any atom is -0.462 e. The quantitative estimate of drug-likeness (QED) is 0.0811. The molecule has 0 aliphatic carbocycles. The van der Waals surface area contributed by atoms with E-state index in [1.54, 1.807) is 0 Å². The number of hydrogen-bond donors (Lipinski definition) is 0. The van der Waals surface area contributed by atoms with E-state index < -0.39 is 46.5 Å². The van der Waals surface area contributed by atoms with E-state index in [2.05, 4.69) is 0 Å². The van der Waals surface area contributed by atoms with Crippen molar-refractivity contribution in [2.75, 3.05) is 13.2 Å². The Balaban J connectivity index is 2.34. The molecule has 0 amide bonds. The lowest BCUT2D eigenvalue weighted by molar-refractivity contribution is -0.156. The lowest BCUT2D eigenvalue weighted by atomic mass is 9.92. The minimum atomic E-state index is -1.65. The number of benzene rings is 2. The summed E-state index contributed by atoms with van der Waals surface area (Å²) in [4.78, 5) is 52.1. The molecule has 0 saturated heterocycles. The molecule has 0 aliphatic rings. The Morgan fingerprint density at radius 3 is 1.20 bits per heavy atom. The zero-order chi connectivity index (χ0) is 34.9. The summed E-state index contributed by atoms with van der Waals surface area (Å²) < 4.78 is 21.2. The molecular weight excluding hydrogens is 725 g/mol. The topological polar surface area (TPSA) is 105 Å². The van der Waals surface area contributed by atoms with E-state index >= 15 is 0 Å². The van der Waals surface area contributed by atoms with Crippen LogP contribution in [0.4, 0.5) is 0 Å². The standard InChI is InChI=1S/C32H36Cl6O8/c1-7-9-15(3)17(5)13-43-29(39)23-25(37)19(33)11-21(35)27(23)45-31(41)32(42)46-28-22(36)12-20(34)26(38)24(28)30(40)44-14-18(6)16(4)10-8-2/h11-12,15-18H,7-10,13-14H2,1-6H3. The highest BCUT2D eigenvalue weighted by Gasteiger charge is 2.32. The van der Waals surface area contributed by atoms with Gasteiger partial charge in [-0.15, -0.1) is 0 Å². The third kappa shape index (κ3) is 10.5. The first-order valence-electron chi connectivity index (χ1n) is 14.7. The summed E-state index contributed by atoms with van der Waals surface area (Å²) in [6.07, 6.45) is 3.76. The molecule has 4 unspecified atom stereocenters. The molecule has 2 rings (SSSR count). The van der Waals surface area contributed by atoms with Gasteiger partial charge in [0.25, 0.3) is 0 Å². The van der Waals surface area contributed by atoms with E-state index in [0.717, 1.165) is 37.8 Å². The predicted octanol–water partition coefficient (Wildman–Crippen LogP) is 10.6. The Kier molecular flexibility index (Phi) is 16.2. The van der Waals surface area contributed by atoms with Crippen molar-refractivity contribution in [1.82, 2.24) is 0 Å². The number of esters is 4. The van der Waals surface area contributed by atoms with E-state index in [1.807, 2.05) is 41.5 Å². The van der Waals surface area contributed by atoms with Gasteiger partial charge >= 0.3 is 23.9 Å². The van der Waals surface area contributed by atoms with Gasteiger partial charge in [0.15, 0.2) is 11.5 Å². The number of halogens is 6. The van der Waals surface area contributed by atoms with Crippen LogP contribution < -0.4 is 9.47 Å². The fourth-order valence-corrected chi connectivity index (χ4v) is 5.80. The second-order valence-corrected chi connectivity index (χ2v) is 13.6. The summed E-state index contributed by atoms with van der Waals surface area (Å²) >= 11 is 37.3. The first-order valence-corrected chi connectivity index (χ1v) is 16.9. The third-order valence-corrected chi connectivity index (χ3v) is 9.74. The number of ether oxygens (including phenoxy) is 4. The number of rotatable bonds is 14. The molecule has 0 N–H and O–H groups in total. The Hall–Kier alpha value is -1.94. The maximum absolute atomic E-state index is 13.1. The second-order valence-electron chi connectivity index (χ2n) is 11.2. The smallest absolute Gasteiger partial charge is 0.423 e. The van der Waals surface area contributed by atoms with Gasteiger partial charge in [-0.05, 0) is 35.8 Å². The summed E-state index contributed by atoms with van der Waals surface area (Å²) in [6.45, 7) is 12.1. The van der Waals surface area contributed by atoms with Crippen molar-refractivity contribution in [2.45, 2.75) is 67.2 Å². The third-order valence-electron chi connectivity index (χ3n) is 7.60. The van der Waals surface area contributed by atoms with E-state index in [0.29, 0.717) is 0 Å². The van der Waals surface area contributed by atoms with Crippen molar-refractivity contribution in [2.24, 2.45) is 23.7 Å². The van der Waals surface area contributed by atoms with Gasteiger partial charge in [0.2, 0.25) is 0 Å².